The van der Waals surface area contributed by atoms with E-state index >= 15 is 0 Å². The van der Waals surface area contributed by atoms with Crippen LogP contribution in [-0.4, -0.2) is 37.0 Å². The highest BCUT2D eigenvalue weighted by Gasteiger charge is 2.20. The number of hydrogen-bond acceptors (Lipinski definition) is 8. The molecule has 1 atom stereocenters. The van der Waals surface area contributed by atoms with Crippen LogP contribution in [-0.2, 0) is 0 Å². The van der Waals surface area contributed by atoms with Gasteiger partial charge < -0.3 is 9.26 Å². The molecule has 126 valence electrons. The zero-order chi connectivity index (χ0) is 17.1. The molecule has 0 unspecified atom stereocenters. The summed E-state index contributed by atoms with van der Waals surface area (Å²) >= 11 is 1.49. The average molecular weight is 346 g/mol. The second kappa shape index (κ2) is 7.00. The number of pyridine rings is 1. The maximum Gasteiger partial charge on any atom is 0.239 e. The molecule has 0 amide bonds. The van der Waals surface area contributed by atoms with Gasteiger partial charge in [0.1, 0.15) is 6.33 Å². The summed E-state index contributed by atoms with van der Waals surface area (Å²) in [6, 6.07) is 3.69. The van der Waals surface area contributed by atoms with E-state index in [-0.39, 0.29) is 11.2 Å². The predicted octanol–water partition coefficient (Wildman–Crippen LogP) is 3.03. The zero-order valence-corrected chi connectivity index (χ0v) is 14.7. The Balaban J connectivity index is 1.79. The van der Waals surface area contributed by atoms with Gasteiger partial charge in [0, 0.05) is 12.0 Å². The van der Waals surface area contributed by atoms with Crippen LogP contribution in [0.5, 0.6) is 5.88 Å². The first-order valence-electron chi connectivity index (χ1n) is 7.49. The number of hydrogen-bond donors (Lipinski definition) is 0. The predicted molar refractivity (Wildman–Crippen MR) is 88.4 cm³/mol. The summed E-state index contributed by atoms with van der Waals surface area (Å²) in [5, 5.41) is 12.8. The van der Waals surface area contributed by atoms with E-state index in [1.54, 1.807) is 25.7 Å². The largest absolute Gasteiger partial charge is 0.481 e. The Hall–Kier alpha value is -2.42. The molecule has 0 saturated heterocycles. The lowest BCUT2D eigenvalue weighted by molar-refractivity contribution is 0.373. The number of methoxy groups -OCH3 is 1. The number of thioether (sulfide) groups is 1. The van der Waals surface area contributed by atoms with Gasteiger partial charge >= 0.3 is 0 Å². The second-order valence-corrected chi connectivity index (χ2v) is 6.76. The lowest BCUT2D eigenvalue weighted by Gasteiger charge is -2.08. The van der Waals surface area contributed by atoms with Gasteiger partial charge in [-0.15, -0.1) is 10.2 Å². The van der Waals surface area contributed by atoms with Crippen LogP contribution in [0, 0.1) is 0 Å². The summed E-state index contributed by atoms with van der Waals surface area (Å²) in [6.07, 6.45) is 3.35. The second-order valence-electron chi connectivity index (χ2n) is 5.45. The number of aromatic nitrogens is 6. The van der Waals surface area contributed by atoms with Gasteiger partial charge in [0.25, 0.3) is 0 Å². The Bertz CT molecular complexity index is 798. The van der Waals surface area contributed by atoms with Crippen LogP contribution in [0.3, 0.4) is 0 Å². The van der Waals surface area contributed by atoms with Crippen molar-refractivity contribution < 1.29 is 9.26 Å². The van der Waals surface area contributed by atoms with E-state index in [1.807, 2.05) is 31.4 Å². The highest BCUT2D eigenvalue weighted by molar-refractivity contribution is 7.99. The summed E-state index contributed by atoms with van der Waals surface area (Å²) in [6.45, 7) is 6.05. The minimum atomic E-state index is -0.0424. The van der Waals surface area contributed by atoms with Crippen LogP contribution in [0.4, 0.5) is 0 Å². The molecule has 0 spiro atoms. The molecule has 0 aliphatic carbocycles. The Morgan fingerprint density at radius 3 is 2.71 bits per heavy atom. The first-order chi connectivity index (χ1) is 11.6. The molecule has 0 aromatic carbocycles. The number of rotatable bonds is 6. The molecule has 9 heteroatoms. The Morgan fingerprint density at radius 2 is 2.08 bits per heavy atom. The van der Waals surface area contributed by atoms with Gasteiger partial charge in [-0.3, -0.25) is 4.57 Å². The van der Waals surface area contributed by atoms with Crippen molar-refractivity contribution in [3.05, 3.63) is 36.4 Å². The van der Waals surface area contributed by atoms with Crippen LogP contribution in [0.1, 0.15) is 43.7 Å². The smallest absolute Gasteiger partial charge is 0.239 e. The molecule has 3 aromatic heterocycles. The maximum absolute atomic E-state index is 5.34. The van der Waals surface area contributed by atoms with Crippen molar-refractivity contribution in [2.24, 2.45) is 0 Å². The summed E-state index contributed by atoms with van der Waals surface area (Å²) in [5.74, 6) is 2.07. The van der Waals surface area contributed by atoms with Gasteiger partial charge in [0.2, 0.25) is 11.8 Å². The van der Waals surface area contributed by atoms with Gasteiger partial charge in [-0.2, -0.15) is 4.98 Å². The molecule has 3 heterocycles. The lowest BCUT2D eigenvalue weighted by atomic mass is 10.2. The van der Waals surface area contributed by atoms with Crippen LogP contribution in [0.15, 0.2) is 34.3 Å². The van der Waals surface area contributed by atoms with E-state index < -0.39 is 0 Å². The SMILES string of the molecule is COc1ccc(-n2cnnc2S[C@@H](C)c2nc(C(C)C)no2)cn1. The number of nitrogens with zero attached hydrogens (tertiary/aromatic N) is 6. The topological polar surface area (TPSA) is 91.8 Å². The molecule has 3 aromatic rings. The minimum absolute atomic E-state index is 0.0424. The van der Waals surface area contributed by atoms with Gasteiger partial charge in [-0.05, 0) is 13.0 Å². The van der Waals surface area contributed by atoms with Gasteiger partial charge in [0.05, 0.1) is 24.2 Å². The molecule has 0 saturated carbocycles. The van der Waals surface area contributed by atoms with Crippen molar-refractivity contribution in [1.82, 2.24) is 29.9 Å². The fourth-order valence-corrected chi connectivity index (χ4v) is 2.85. The summed E-state index contributed by atoms with van der Waals surface area (Å²) in [5.41, 5.74) is 0.851. The monoisotopic (exact) mass is 346 g/mol. The first-order valence-corrected chi connectivity index (χ1v) is 8.37. The molecule has 24 heavy (non-hydrogen) atoms. The third-order valence-corrected chi connectivity index (χ3v) is 4.37. The normalized spacial score (nSPS) is 12.5. The molecule has 8 nitrogen and oxygen atoms in total. The molecular weight excluding hydrogens is 328 g/mol. The highest BCUT2D eigenvalue weighted by atomic mass is 32.2. The number of ether oxygens (including phenoxy) is 1. The highest BCUT2D eigenvalue weighted by Crippen LogP contribution is 2.34. The van der Waals surface area contributed by atoms with Crippen molar-refractivity contribution in [3.8, 4) is 11.6 Å². The fraction of sp³-hybridized carbons (Fsp3) is 0.400. The molecule has 0 N–H and O–H groups in total. The average Bonchev–Trinajstić information content (AvgIpc) is 3.24. The standard InChI is InChI=1S/C15H18N6O2S/c1-9(2)13-18-14(23-20-13)10(3)24-15-19-17-8-21(15)11-5-6-12(22-4)16-7-11/h5-10H,1-4H3/t10-/m0/s1. The molecule has 0 fully saturated rings. The van der Waals surface area contributed by atoms with Gasteiger partial charge in [-0.1, -0.05) is 30.8 Å². The molecule has 3 rings (SSSR count). The van der Waals surface area contributed by atoms with Crippen LogP contribution in [0.2, 0.25) is 0 Å². The van der Waals surface area contributed by atoms with E-state index in [2.05, 4.69) is 25.3 Å². The molecule has 0 aliphatic heterocycles. The molecule has 0 bridgehead atoms. The van der Waals surface area contributed by atoms with Crippen LogP contribution >= 0.6 is 11.8 Å². The van der Waals surface area contributed by atoms with Crippen molar-refractivity contribution in [2.75, 3.05) is 7.11 Å². The van der Waals surface area contributed by atoms with E-state index in [1.165, 1.54) is 11.8 Å². The molecule has 0 aliphatic rings. The Labute approximate surface area is 143 Å². The lowest BCUT2D eigenvalue weighted by Crippen LogP contribution is -1.99. The van der Waals surface area contributed by atoms with Gasteiger partial charge in [0.15, 0.2) is 11.0 Å². The summed E-state index contributed by atoms with van der Waals surface area (Å²) in [4.78, 5) is 8.64. The third-order valence-electron chi connectivity index (χ3n) is 3.33. The van der Waals surface area contributed by atoms with Crippen molar-refractivity contribution >= 4 is 11.8 Å². The molecule has 0 radical (unpaired) electrons. The van der Waals surface area contributed by atoms with E-state index in [0.717, 1.165) is 10.8 Å². The van der Waals surface area contributed by atoms with Crippen molar-refractivity contribution in [3.63, 3.8) is 0 Å². The Kier molecular flexibility index (Phi) is 4.79. The summed E-state index contributed by atoms with van der Waals surface area (Å²) in [7, 11) is 1.58. The van der Waals surface area contributed by atoms with Crippen LogP contribution in [0.25, 0.3) is 5.69 Å². The maximum atomic E-state index is 5.34. The fourth-order valence-electron chi connectivity index (χ4n) is 1.97. The first kappa shape index (κ1) is 16.4. The van der Waals surface area contributed by atoms with Crippen molar-refractivity contribution in [1.29, 1.82) is 0 Å². The van der Waals surface area contributed by atoms with E-state index in [4.69, 9.17) is 9.26 Å². The van der Waals surface area contributed by atoms with Gasteiger partial charge in [-0.25, -0.2) is 4.98 Å². The summed E-state index contributed by atoms with van der Waals surface area (Å²) < 4.78 is 12.3. The minimum Gasteiger partial charge on any atom is -0.481 e. The Morgan fingerprint density at radius 1 is 1.25 bits per heavy atom. The zero-order valence-electron chi connectivity index (χ0n) is 13.9. The third kappa shape index (κ3) is 3.40. The van der Waals surface area contributed by atoms with E-state index in [0.29, 0.717) is 17.6 Å². The molecular formula is C15H18N6O2S. The van der Waals surface area contributed by atoms with Crippen LogP contribution < -0.4 is 4.74 Å². The van der Waals surface area contributed by atoms with E-state index in [9.17, 15) is 0 Å². The van der Waals surface area contributed by atoms with Crippen molar-refractivity contribution in [2.45, 2.75) is 37.1 Å². The quantitative estimate of drug-likeness (QED) is 0.629.